The average Bonchev–Trinajstić information content (AvgIpc) is 3.47. The molecule has 0 aliphatic carbocycles. The second kappa shape index (κ2) is 10.0. The Balaban J connectivity index is 0.000000567. The van der Waals surface area contributed by atoms with E-state index in [9.17, 15) is 4.39 Å². The molecule has 1 aliphatic heterocycles. The number of hydrogen-bond donors (Lipinski definition) is 3. The number of piperazine rings is 1. The van der Waals surface area contributed by atoms with Crippen LogP contribution < -0.4 is 5.32 Å². The first-order valence-electron chi connectivity index (χ1n) is 10.4. The van der Waals surface area contributed by atoms with Gasteiger partial charge in [-0.15, -0.1) is 11.3 Å². The lowest BCUT2D eigenvalue weighted by atomic mass is 10.0. The highest BCUT2D eigenvalue weighted by Gasteiger charge is 2.25. The maximum Gasteiger partial charge on any atom is 0.300 e. The molecule has 6 nitrogen and oxygen atoms in total. The number of aliphatic carboxylic acids is 1. The van der Waals surface area contributed by atoms with Crippen molar-refractivity contribution in [3.63, 3.8) is 0 Å². The first-order valence-corrected chi connectivity index (χ1v) is 11.3. The summed E-state index contributed by atoms with van der Waals surface area (Å²) >= 11 is 1.77. The standard InChI is InChI=1S/C22H21FN4S.C2H4O2/c23-19-5-3-15(16-4-6-20-17(10-16)12-25-26-20)11-18(19)14-27-8-7-24-13-21(27)22-2-1-9-28-22;1-2(3)4/h1-6,9-12,21,24H,7-8,13-14H2,(H,25,26);1H3,(H,3,4)/t21-;/m1./s1. The van der Waals surface area contributed by atoms with Crippen molar-refractivity contribution < 1.29 is 14.3 Å². The Hall–Kier alpha value is -3.07. The number of fused-ring (bicyclic) bond motifs is 1. The van der Waals surface area contributed by atoms with Gasteiger partial charge < -0.3 is 10.4 Å². The molecule has 0 amide bonds. The first-order chi connectivity index (χ1) is 15.5. The lowest BCUT2D eigenvalue weighted by Crippen LogP contribution is -2.45. The summed E-state index contributed by atoms with van der Waals surface area (Å²) < 4.78 is 14.7. The Labute approximate surface area is 189 Å². The number of benzene rings is 2. The van der Waals surface area contributed by atoms with E-state index < -0.39 is 5.97 Å². The number of aromatic amines is 1. The number of aromatic nitrogens is 2. The van der Waals surface area contributed by atoms with Crippen molar-refractivity contribution in [2.75, 3.05) is 19.6 Å². The Kier molecular flexibility index (Phi) is 6.94. The molecule has 5 rings (SSSR count). The van der Waals surface area contributed by atoms with Crippen LogP contribution in [0, 0.1) is 5.82 Å². The third kappa shape index (κ3) is 5.21. The summed E-state index contributed by atoms with van der Waals surface area (Å²) in [5.41, 5.74) is 3.85. The molecule has 2 aromatic heterocycles. The van der Waals surface area contributed by atoms with Crippen molar-refractivity contribution in [1.82, 2.24) is 20.4 Å². The fourth-order valence-corrected chi connectivity index (χ4v) is 4.77. The van der Waals surface area contributed by atoms with E-state index >= 15 is 0 Å². The summed E-state index contributed by atoms with van der Waals surface area (Å²) in [6, 6.07) is 16.1. The van der Waals surface area contributed by atoms with Gasteiger partial charge >= 0.3 is 0 Å². The molecular weight excluding hydrogens is 427 g/mol. The van der Waals surface area contributed by atoms with E-state index in [2.05, 4.69) is 50.1 Å². The van der Waals surface area contributed by atoms with Crippen LogP contribution in [0.4, 0.5) is 4.39 Å². The van der Waals surface area contributed by atoms with Gasteiger partial charge in [-0.2, -0.15) is 5.10 Å². The number of halogens is 1. The van der Waals surface area contributed by atoms with Gasteiger partial charge in [0.2, 0.25) is 0 Å². The first kappa shape index (κ1) is 22.1. The molecule has 0 radical (unpaired) electrons. The number of hydrogen-bond acceptors (Lipinski definition) is 5. The minimum Gasteiger partial charge on any atom is -0.481 e. The van der Waals surface area contributed by atoms with Gasteiger partial charge in [0.15, 0.2) is 0 Å². The molecular formula is C24H25FN4O2S. The topological polar surface area (TPSA) is 81.2 Å². The summed E-state index contributed by atoms with van der Waals surface area (Å²) in [4.78, 5) is 12.7. The molecule has 0 unspecified atom stereocenters. The van der Waals surface area contributed by atoms with Crippen molar-refractivity contribution in [2.45, 2.75) is 19.5 Å². The summed E-state index contributed by atoms with van der Waals surface area (Å²) in [5.74, 6) is -0.975. The molecule has 32 heavy (non-hydrogen) atoms. The molecule has 2 aromatic carbocycles. The fraction of sp³-hybridized carbons (Fsp3) is 0.250. The molecule has 166 valence electrons. The maximum atomic E-state index is 14.7. The largest absolute Gasteiger partial charge is 0.481 e. The molecule has 3 heterocycles. The number of H-pyrrole nitrogens is 1. The van der Waals surface area contributed by atoms with E-state index in [0.29, 0.717) is 12.6 Å². The Morgan fingerprint density at radius 3 is 2.81 bits per heavy atom. The minimum absolute atomic E-state index is 0.142. The zero-order chi connectivity index (χ0) is 22.5. The molecule has 1 aliphatic rings. The van der Waals surface area contributed by atoms with Crippen molar-refractivity contribution >= 4 is 28.2 Å². The lowest BCUT2D eigenvalue weighted by molar-refractivity contribution is -0.134. The summed E-state index contributed by atoms with van der Waals surface area (Å²) in [7, 11) is 0. The molecule has 1 atom stereocenters. The number of carboxylic acid groups (broad SMARTS) is 1. The number of carbonyl (C=O) groups is 1. The van der Waals surface area contributed by atoms with E-state index in [1.54, 1.807) is 17.4 Å². The summed E-state index contributed by atoms with van der Waals surface area (Å²) in [6.45, 7) is 4.43. The monoisotopic (exact) mass is 452 g/mol. The van der Waals surface area contributed by atoms with Crippen molar-refractivity contribution in [2.24, 2.45) is 0 Å². The number of carboxylic acids is 1. The molecule has 0 saturated carbocycles. The van der Waals surface area contributed by atoms with Crippen molar-refractivity contribution in [3.8, 4) is 11.1 Å². The normalized spacial score (nSPS) is 16.5. The highest BCUT2D eigenvalue weighted by atomic mass is 32.1. The third-order valence-corrected chi connectivity index (χ3v) is 6.39. The predicted octanol–water partition coefficient (Wildman–Crippen LogP) is 4.67. The van der Waals surface area contributed by atoms with Gasteiger partial charge in [0, 0.05) is 48.9 Å². The van der Waals surface area contributed by atoms with E-state index in [4.69, 9.17) is 9.90 Å². The molecule has 1 saturated heterocycles. The highest BCUT2D eigenvalue weighted by Crippen LogP contribution is 2.30. The van der Waals surface area contributed by atoms with E-state index in [1.807, 2.05) is 24.4 Å². The van der Waals surface area contributed by atoms with Crippen LogP contribution >= 0.6 is 11.3 Å². The number of nitrogens with zero attached hydrogens (tertiary/aromatic N) is 2. The van der Waals surface area contributed by atoms with Crippen LogP contribution in [0.15, 0.2) is 60.1 Å². The second-order valence-corrected chi connectivity index (χ2v) is 8.68. The second-order valence-electron chi connectivity index (χ2n) is 7.70. The lowest BCUT2D eigenvalue weighted by Gasteiger charge is -2.35. The zero-order valence-electron chi connectivity index (χ0n) is 17.7. The van der Waals surface area contributed by atoms with Gasteiger partial charge in [0.25, 0.3) is 5.97 Å². The molecule has 1 fully saturated rings. The minimum atomic E-state index is -0.833. The molecule has 0 bridgehead atoms. The van der Waals surface area contributed by atoms with Crippen LogP contribution in [0.3, 0.4) is 0 Å². The summed E-state index contributed by atoms with van der Waals surface area (Å²) in [5, 5.41) is 21.1. The van der Waals surface area contributed by atoms with Crippen LogP contribution in [0.5, 0.6) is 0 Å². The Morgan fingerprint density at radius 1 is 1.25 bits per heavy atom. The zero-order valence-corrected chi connectivity index (χ0v) is 18.5. The number of thiophene rings is 1. The SMILES string of the molecule is CC(=O)O.Fc1ccc(-c2ccc3[nH]ncc3c2)cc1CN1CCNC[C@@H]1c1cccs1. The van der Waals surface area contributed by atoms with Crippen molar-refractivity contribution in [3.05, 3.63) is 76.4 Å². The fourth-order valence-electron chi connectivity index (χ4n) is 3.91. The van der Waals surface area contributed by atoms with Gasteiger partial charge in [0.05, 0.1) is 17.8 Å². The predicted molar refractivity (Wildman–Crippen MR) is 125 cm³/mol. The van der Waals surface area contributed by atoms with E-state index in [1.165, 1.54) is 4.88 Å². The van der Waals surface area contributed by atoms with Crippen LogP contribution in [0.2, 0.25) is 0 Å². The van der Waals surface area contributed by atoms with Gasteiger partial charge in [0.1, 0.15) is 5.82 Å². The van der Waals surface area contributed by atoms with Crippen molar-refractivity contribution in [1.29, 1.82) is 0 Å². The van der Waals surface area contributed by atoms with Gasteiger partial charge in [-0.25, -0.2) is 4.39 Å². The van der Waals surface area contributed by atoms with Crippen LogP contribution in [0.25, 0.3) is 22.0 Å². The van der Waals surface area contributed by atoms with Gasteiger partial charge in [-0.3, -0.25) is 14.8 Å². The number of rotatable bonds is 4. The Bertz CT molecular complexity index is 1190. The smallest absolute Gasteiger partial charge is 0.300 e. The van der Waals surface area contributed by atoms with Crippen LogP contribution in [-0.4, -0.2) is 45.8 Å². The Morgan fingerprint density at radius 2 is 2.03 bits per heavy atom. The third-order valence-electron chi connectivity index (χ3n) is 5.42. The van der Waals surface area contributed by atoms with E-state index in [-0.39, 0.29) is 5.82 Å². The van der Waals surface area contributed by atoms with Crippen LogP contribution in [0.1, 0.15) is 23.4 Å². The number of nitrogens with one attached hydrogen (secondary N) is 2. The molecule has 8 heteroatoms. The average molecular weight is 453 g/mol. The maximum absolute atomic E-state index is 14.7. The molecule has 3 N–H and O–H groups in total. The van der Waals surface area contributed by atoms with Gasteiger partial charge in [-0.1, -0.05) is 18.2 Å². The summed E-state index contributed by atoms with van der Waals surface area (Å²) in [6.07, 6.45) is 1.82. The highest BCUT2D eigenvalue weighted by molar-refractivity contribution is 7.10. The van der Waals surface area contributed by atoms with Gasteiger partial charge in [-0.05, 0) is 46.8 Å². The van der Waals surface area contributed by atoms with Crippen LogP contribution in [-0.2, 0) is 11.3 Å². The van der Waals surface area contributed by atoms with E-state index in [0.717, 1.165) is 54.2 Å². The molecule has 0 spiro atoms. The molecule has 4 aromatic rings. The quantitative estimate of drug-likeness (QED) is 0.419.